The number of anilines is 2. The minimum absolute atomic E-state index is 0.227. The van der Waals surface area contributed by atoms with E-state index in [1.165, 1.54) is 0 Å². The number of nitrogen functional groups attached to an aromatic ring is 1. The summed E-state index contributed by atoms with van der Waals surface area (Å²) in [6.07, 6.45) is 3.66. The van der Waals surface area contributed by atoms with Crippen LogP contribution in [0.15, 0.2) is 24.3 Å². The monoisotopic (exact) mass is 456 g/mol. The highest BCUT2D eigenvalue weighted by molar-refractivity contribution is 7.92. The molecule has 3 N–H and O–H groups in total. The lowest BCUT2D eigenvalue weighted by atomic mass is 9.97. The van der Waals surface area contributed by atoms with Crippen LogP contribution in [0.25, 0.3) is 5.65 Å². The van der Waals surface area contributed by atoms with E-state index in [-0.39, 0.29) is 17.6 Å². The number of nitrogens with zero attached hydrogens (tertiary/aromatic N) is 4. The summed E-state index contributed by atoms with van der Waals surface area (Å²) in [4.78, 5) is 20.0. The summed E-state index contributed by atoms with van der Waals surface area (Å²) in [6.45, 7) is 6.24. The van der Waals surface area contributed by atoms with Gasteiger partial charge >= 0.3 is 0 Å². The van der Waals surface area contributed by atoms with Crippen LogP contribution in [-0.4, -0.2) is 46.6 Å². The minimum atomic E-state index is -3.53. The number of carbonyl (C=O) groups excluding carboxylic acids is 1. The van der Waals surface area contributed by atoms with E-state index in [4.69, 9.17) is 5.73 Å². The molecule has 1 atom stereocenters. The van der Waals surface area contributed by atoms with Crippen LogP contribution in [0.2, 0.25) is 0 Å². The molecule has 1 aliphatic rings. The topological polar surface area (TPSA) is 123 Å². The number of sulfonamides is 1. The lowest BCUT2D eigenvalue weighted by Crippen LogP contribution is -2.39. The van der Waals surface area contributed by atoms with Gasteiger partial charge in [0.2, 0.25) is 10.0 Å². The molecule has 1 aliphatic heterocycles. The number of fused-ring (bicyclic) bond motifs is 1. The van der Waals surface area contributed by atoms with Crippen molar-refractivity contribution in [3.05, 3.63) is 52.3 Å². The highest BCUT2D eigenvalue weighted by Gasteiger charge is 2.32. The van der Waals surface area contributed by atoms with E-state index in [0.29, 0.717) is 23.6 Å². The highest BCUT2D eigenvalue weighted by atomic mass is 32.2. The fraction of sp³-hybridized carbons (Fsp3) is 0.409. The van der Waals surface area contributed by atoms with Gasteiger partial charge in [0.1, 0.15) is 5.82 Å². The molecule has 0 aliphatic carbocycles. The zero-order valence-corrected chi connectivity index (χ0v) is 19.5. The molecule has 9 nitrogen and oxygen atoms in total. The fourth-order valence-corrected chi connectivity index (χ4v) is 4.75. The summed E-state index contributed by atoms with van der Waals surface area (Å²) in [6, 6.07) is 6.76. The van der Waals surface area contributed by atoms with Crippen LogP contribution in [0.1, 0.15) is 58.2 Å². The van der Waals surface area contributed by atoms with E-state index < -0.39 is 10.0 Å². The molecule has 4 rings (SSSR count). The summed E-state index contributed by atoms with van der Waals surface area (Å²) < 4.78 is 27.8. The maximum atomic E-state index is 13.6. The normalized spacial score (nSPS) is 17.0. The van der Waals surface area contributed by atoms with Crippen LogP contribution in [0, 0.1) is 20.8 Å². The van der Waals surface area contributed by atoms with Gasteiger partial charge in [0.25, 0.3) is 5.91 Å². The molecule has 0 bridgehead atoms. The Morgan fingerprint density at radius 1 is 1.19 bits per heavy atom. The zero-order valence-electron chi connectivity index (χ0n) is 18.7. The minimum Gasteiger partial charge on any atom is -0.383 e. The van der Waals surface area contributed by atoms with Gasteiger partial charge in [-0.1, -0.05) is 11.6 Å². The van der Waals surface area contributed by atoms with E-state index in [1.54, 1.807) is 27.6 Å². The Bertz CT molecular complexity index is 1310. The molecule has 0 radical (unpaired) electrons. The van der Waals surface area contributed by atoms with Crippen LogP contribution in [0.4, 0.5) is 11.5 Å². The van der Waals surface area contributed by atoms with Crippen molar-refractivity contribution in [3.8, 4) is 0 Å². The first kappa shape index (κ1) is 22.1. The summed E-state index contributed by atoms with van der Waals surface area (Å²) >= 11 is 0. The van der Waals surface area contributed by atoms with Crippen molar-refractivity contribution in [1.82, 2.24) is 19.5 Å². The molecule has 1 saturated heterocycles. The molecule has 2 aromatic heterocycles. The summed E-state index contributed by atoms with van der Waals surface area (Å²) in [5.41, 5.74) is 10.8. The summed E-state index contributed by atoms with van der Waals surface area (Å²) in [7, 11) is -3.53. The number of aromatic nitrogens is 3. The van der Waals surface area contributed by atoms with Gasteiger partial charge in [-0.25, -0.2) is 13.4 Å². The van der Waals surface area contributed by atoms with Crippen molar-refractivity contribution in [3.63, 3.8) is 0 Å². The molecule has 3 heterocycles. The molecule has 0 saturated carbocycles. The fourth-order valence-electron chi connectivity index (χ4n) is 4.17. The third-order valence-electron chi connectivity index (χ3n) is 5.95. The maximum Gasteiger partial charge on any atom is 0.256 e. The summed E-state index contributed by atoms with van der Waals surface area (Å²) in [5.74, 6) is 0.306. The molecule has 0 spiro atoms. The number of amides is 1. The molecular weight excluding hydrogens is 428 g/mol. The van der Waals surface area contributed by atoms with E-state index >= 15 is 0 Å². The average Bonchev–Trinajstić information content (AvgIpc) is 3.16. The second-order valence-corrected chi connectivity index (χ2v) is 10.2. The Hall–Kier alpha value is -3.14. The van der Waals surface area contributed by atoms with Crippen molar-refractivity contribution in [1.29, 1.82) is 0 Å². The molecule has 10 heteroatoms. The van der Waals surface area contributed by atoms with Gasteiger partial charge in [0, 0.05) is 23.9 Å². The first-order valence-corrected chi connectivity index (χ1v) is 12.5. The van der Waals surface area contributed by atoms with Gasteiger partial charge in [-0.15, -0.1) is 0 Å². The first-order chi connectivity index (χ1) is 15.0. The van der Waals surface area contributed by atoms with Crippen LogP contribution < -0.4 is 10.5 Å². The smallest absolute Gasteiger partial charge is 0.256 e. The Kier molecular flexibility index (Phi) is 5.58. The third kappa shape index (κ3) is 4.14. The van der Waals surface area contributed by atoms with Gasteiger partial charge in [-0.05, 0) is 52.2 Å². The SMILES string of the molecule is Cc1ccc(NS(C)(=O)=O)c(C(=O)N2CCCC[C@H]2c2cc3nc(C)c(C)c(N)n3n2)c1. The van der Waals surface area contributed by atoms with E-state index in [0.717, 1.165) is 48.0 Å². The number of carbonyl (C=O) groups is 1. The van der Waals surface area contributed by atoms with E-state index in [9.17, 15) is 13.2 Å². The number of hydrogen-bond acceptors (Lipinski definition) is 6. The molecule has 1 amide bonds. The van der Waals surface area contributed by atoms with Crippen LogP contribution >= 0.6 is 0 Å². The number of likely N-dealkylation sites (tertiary alicyclic amines) is 1. The Morgan fingerprint density at radius 3 is 2.66 bits per heavy atom. The van der Waals surface area contributed by atoms with Crippen LogP contribution in [0.3, 0.4) is 0 Å². The third-order valence-corrected chi connectivity index (χ3v) is 6.54. The van der Waals surface area contributed by atoms with Crippen LogP contribution in [0.5, 0.6) is 0 Å². The van der Waals surface area contributed by atoms with Crippen LogP contribution in [-0.2, 0) is 10.0 Å². The molecule has 0 unspecified atom stereocenters. The highest BCUT2D eigenvalue weighted by Crippen LogP contribution is 2.34. The number of benzene rings is 1. The van der Waals surface area contributed by atoms with Gasteiger partial charge in [-0.2, -0.15) is 9.61 Å². The second-order valence-electron chi connectivity index (χ2n) is 8.48. The Balaban J connectivity index is 1.75. The molecule has 32 heavy (non-hydrogen) atoms. The van der Waals surface area contributed by atoms with Gasteiger partial charge in [0.05, 0.1) is 29.2 Å². The quantitative estimate of drug-likeness (QED) is 0.622. The second kappa shape index (κ2) is 8.09. The Labute approximate surface area is 187 Å². The molecule has 1 aromatic carbocycles. The largest absolute Gasteiger partial charge is 0.383 e. The van der Waals surface area contributed by atoms with Gasteiger partial charge in [0.15, 0.2) is 5.65 Å². The number of nitrogens with one attached hydrogen (secondary N) is 1. The Morgan fingerprint density at radius 2 is 1.94 bits per heavy atom. The predicted molar refractivity (Wildman–Crippen MR) is 124 cm³/mol. The van der Waals surface area contributed by atoms with Crippen molar-refractivity contribution in [2.24, 2.45) is 0 Å². The lowest BCUT2D eigenvalue weighted by molar-refractivity contribution is 0.0607. The van der Waals surface area contributed by atoms with Gasteiger partial charge in [-0.3, -0.25) is 9.52 Å². The molecule has 1 fully saturated rings. The standard InChI is InChI=1S/C22H28N6O3S/c1-13-8-9-17(26-32(4,30)31)16(11-13)22(29)27-10-6-5-7-19(27)18-12-20-24-15(3)14(2)21(23)28(20)25-18/h8-9,11-12,19,26H,5-7,10,23H2,1-4H3/t19-/m0/s1. The average molecular weight is 457 g/mol. The maximum absolute atomic E-state index is 13.6. The number of rotatable bonds is 4. The lowest BCUT2D eigenvalue weighted by Gasteiger charge is -2.35. The number of aryl methyl sites for hydroxylation is 2. The van der Waals surface area contributed by atoms with E-state index in [2.05, 4.69) is 14.8 Å². The van der Waals surface area contributed by atoms with Crippen molar-refractivity contribution >= 4 is 33.1 Å². The number of nitrogens with two attached hydrogens (primary N) is 1. The van der Waals surface area contributed by atoms with Crippen molar-refractivity contribution in [2.45, 2.75) is 46.1 Å². The molecule has 170 valence electrons. The predicted octanol–water partition coefficient (Wildman–Crippen LogP) is 2.98. The van der Waals surface area contributed by atoms with Crippen molar-refractivity contribution < 1.29 is 13.2 Å². The molecule has 3 aromatic rings. The van der Waals surface area contributed by atoms with E-state index in [1.807, 2.05) is 26.8 Å². The number of piperidine rings is 1. The molecular formula is C22H28N6O3S. The number of hydrogen-bond donors (Lipinski definition) is 2. The van der Waals surface area contributed by atoms with Crippen molar-refractivity contribution in [2.75, 3.05) is 23.3 Å². The first-order valence-electron chi connectivity index (χ1n) is 10.6. The van der Waals surface area contributed by atoms with Gasteiger partial charge < -0.3 is 10.6 Å². The summed E-state index contributed by atoms with van der Waals surface area (Å²) in [5, 5.41) is 4.69. The zero-order chi connectivity index (χ0) is 23.2.